The van der Waals surface area contributed by atoms with Crippen LogP contribution in [0.15, 0.2) is 42.6 Å². The van der Waals surface area contributed by atoms with Gasteiger partial charge in [-0.05, 0) is 48.2 Å². The molecule has 1 aromatic carbocycles. The lowest BCUT2D eigenvalue weighted by molar-refractivity contribution is 0.955. The Morgan fingerprint density at radius 1 is 0.875 bits per heavy atom. The first-order valence-electron chi connectivity index (χ1n) is 5.09. The van der Waals surface area contributed by atoms with Crippen molar-refractivity contribution in [3.05, 3.63) is 63.9 Å². The molecule has 0 fully saturated rings. The van der Waals surface area contributed by atoms with Crippen molar-refractivity contribution in [1.82, 2.24) is 4.98 Å². The molecule has 0 aliphatic carbocycles. The number of pyridine rings is 1. The molecule has 0 saturated heterocycles. The Hall–Kier alpha value is -1.05. The molecule has 0 radical (unpaired) electrons. The Balaban J connectivity index is 1.99. The topological polar surface area (TPSA) is 12.9 Å². The summed E-state index contributed by atoms with van der Waals surface area (Å²) in [7, 11) is 0. The molecule has 0 aliphatic heterocycles. The Morgan fingerprint density at radius 2 is 1.56 bits per heavy atom. The third-order valence-corrected chi connectivity index (χ3v) is 2.87. The zero-order valence-corrected chi connectivity index (χ0v) is 10.2. The van der Waals surface area contributed by atoms with Gasteiger partial charge in [0.2, 0.25) is 0 Å². The number of hydrogen-bond donors (Lipinski definition) is 0. The van der Waals surface area contributed by atoms with Crippen LogP contribution in [0.25, 0.3) is 0 Å². The van der Waals surface area contributed by atoms with Gasteiger partial charge in [0, 0.05) is 11.2 Å². The molecule has 0 atom stereocenters. The van der Waals surface area contributed by atoms with Crippen LogP contribution in [0.5, 0.6) is 0 Å². The highest BCUT2D eigenvalue weighted by molar-refractivity contribution is 6.30. The molecule has 3 heteroatoms. The van der Waals surface area contributed by atoms with Gasteiger partial charge in [0.15, 0.2) is 0 Å². The molecule has 0 spiro atoms. The third-order valence-electron chi connectivity index (χ3n) is 2.41. The fraction of sp³-hybridized carbons (Fsp3) is 0.154. The van der Waals surface area contributed by atoms with Crippen molar-refractivity contribution >= 4 is 23.2 Å². The molecule has 0 N–H and O–H groups in total. The van der Waals surface area contributed by atoms with Gasteiger partial charge in [0.1, 0.15) is 5.15 Å². The molecule has 0 amide bonds. The molecule has 0 aliphatic rings. The number of hydrogen-bond acceptors (Lipinski definition) is 1. The third kappa shape index (κ3) is 3.22. The first-order chi connectivity index (χ1) is 7.74. The molecule has 82 valence electrons. The van der Waals surface area contributed by atoms with Crippen LogP contribution >= 0.6 is 23.2 Å². The van der Waals surface area contributed by atoms with E-state index in [1.54, 1.807) is 6.20 Å². The molecular weight excluding hydrogens is 241 g/mol. The van der Waals surface area contributed by atoms with Crippen LogP contribution in [0, 0.1) is 0 Å². The molecule has 1 heterocycles. The summed E-state index contributed by atoms with van der Waals surface area (Å²) in [5.41, 5.74) is 2.48. The minimum Gasteiger partial charge on any atom is -0.245 e. The van der Waals surface area contributed by atoms with Crippen LogP contribution in [0.3, 0.4) is 0 Å². The van der Waals surface area contributed by atoms with Gasteiger partial charge < -0.3 is 0 Å². The van der Waals surface area contributed by atoms with Crippen LogP contribution in [0.2, 0.25) is 10.2 Å². The van der Waals surface area contributed by atoms with E-state index in [2.05, 4.69) is 4.98 Å². The quantitative estimate of drug-likeness (QED) is 0.747. The second-order valence-electron chi connectivity index (χ2n) is 3.61. The van der Waals surface area contributed by atoms with Crippen LogP contribution < -0.4 is 0 Å². The lowest BCUT2D eigenvalue weighted by Gasteiger charge is -2.02. The number of halogens is 2. The molecule has 1 nitrogen and oxygen atoms in total. The second kappa shape index (κ2) is 5.33. The summed E-state index contributed by atoms with van der Waals surface area (Å²) in [4.78, 5) is 3.95. The molecule has 16 heavy (non-hydrogen) atoms. The second-order valence-corrected chi connectivity index (χ2v) is 4.44. The van der Waals surface area contributed by atoms with Crippen molar-refractivity contribution in [2.24, 2.45) is 0 Å². The summed E-state index contributed by atoms with van der Waals surface area (Å²) in [6.07, 6.45) is 3.68. The molecule has 0 unspecified atom stereocenters. The average Bonchev–Trinajstić information content (AvgIpc) is 2.28. The number of aromatic nitrogens is 1. The van der Waals surface area contributed by atoms with E-state index in [4.69, 9.17) is 23.2 Å². The van der Waals surface area contributed by atoms with E-state index < -0.39 is 0 Å². The van der Waals surface area contributed by atoms with Crippen molar-refractivity contribution in [3.8, 4) is 0 Å². The number of rotatable bonds is 3. The first-order valence-corrected chi connectivity index (χ1v) is 5.84. The van der Waals surface area contributed by atoms with Crippen LogP contribution in [-0.2, 0) is 12.8 Å². The summed E-state index contributed by atoms with van der Waals surface area (Å²) in [6.45, 7) is 0. The number of aryl methyl sites for hydroxylation is 2. The Kier molecular flexibility index (Phi) is 3.81. The largest absolute Gasteiger partial charge is 0.245 e. The summed E-state index contributed by atoms with van der Waals surface area (Å²) in [5.74, 6) is 0. The van der Waals surface area contributed by atoms with Crippen molar-refractivity contribution in [2.75, 3.05) is 0 Å². The minimum atomic E-state index is 0.550. The van der Waals surface area contributed by atoms with Gasteiger partial charge in [-0.15, -0.1) is 0 Å². The molecule has 1 aromatic heterocycles. The monoisotopic (exact) mass is 251 g/mol. The van der Waals surface area contributed by atoms with Gasteiger partial charge in [-0.25, -0.2) is 4.98 Å². The maximum Gasteiger partial charge on any atom is 0.129 e. The van der Waals surface area contributed by atoms with Gasteiger partial charge >= 0.3 is 0 Å². The van der Waals surface area contributed by atoms with E-state index in [0.29, 0.717) is 5.15 Å². The highest BCUT2D eigenvalue weighted by Gasteiger charge is 1.97. The van der Waals surface area contributed by atoms with E-state index in [-0.39, 0.29) is 0 Å². The number of nitrogens with zero attached hydrogens (tertiary/aromatic N) is 1. The Labute approximate surface area is 105 Å². The summed E-state index contributed by atoms with van der Waals surface area (Å²) in [5, 5.41) is 1.32. The minimum absolute atomic E-state index is 0.550. The highest BCUT2D eigenvalue weighted by Crippen LogP contribution is 2.13. The Bertz CT molecular complexity index is 466. The normalized spacial score (nSPS) is 10.4. The zero-order valence-electron chi connectivity index (χ0n) is 8.66. The van der Waals surface area contributed by atoms with Crippen LogP contribution in [0.1, 0.15) is 11.1 Å². The van der Waals surface area contributed by atoms with Crippen molar-refractivity contribution < 1.29 is 0 Å². The molecule has 2 rings (SSSR count). The fourth-order valence-electron chi connectivity index (χ4n) is 1.54. The van der Waals surface area contributed by atoms with Gasteiger partial charge in [-0.1, -0.05) is 35.3 Å². The lowest BCUT2D eigenvalue weighted by atomic mass is 10.1. The molecule has 0 bridgehead atoms. The van der Waals surface area contributed by atoms with Gasteiger partial charge in [-0.3, -0.25) is 0 Å². The molecule has 0 saturated carbocycles. The van der Waals surface area contributed by atoms with Crippen molar-refractivity contribution in [1.29, 1.82) is 0 Å². The highest BCUT2D eigenvalue weighted by atomic mass is 35.5. The van der Waals surface area contributed by atoms with Crippen molar-refractivity contribution in [2.45, 2.75) is 12.8 Å². The van der Waals surface area contributed by atoms with Gasteiger partial charge in [-0.2, -0.15) is 0 Å². The molecule has 2 aromatic rings. The summed E-state index contributed by atoms with van der Waals surface area (Å²) >= 11 is 11.6. The Morgan fingerprint density at radius 3 is 2.25 bits per heavy atom. The maximum atomic E-state index is 5.82. The van der Waals surface area contributed by atoms with E-state index >= 15 is 0 Å². The SMILES string of the molecule is Clc1ccc(CCc2ccnc(Cl)c2)cc1. The summed E-state index contributed by atoms with van der Waals surface area (Å²) in [6, 6.07) is 11.8. The summed E-state index contributed by atoms with van der Waals surface area (Å²) < 4.78 is 0. The predicted molar refractivity (Wildman–Crippen MR) is 68.1 cm³/mol. The van der Waals surface area contributed by atoms with Crippen LogP contribution in [0.4, 0.5) is 0 Å². The van der Waals surface area contributed by atoms with E-state index in [1.807, 2.05) is 36.4 Å². The fourth-order valence-corrected chi connectivity index (χ4v) is 1.86. The number of benzene rings is 1. The zero-order chi connectivity index (χ0) is 11.4. The average molecular weight is 252 g/mol. The lowest BCUT2D eigenvalue weighted by Crippen LogP contribution is -1.91. The van der Waals surface area contributed by atoms with E-state index in [9.17, 15) is 0 Å². The standard InChI is InChI=1S/C13H11Cl2N/c14-12-5-3-10(4-6-12)1-2-11-7-8-16-13(15)9-11/h3-9H,1-2H2. The smallest absolute Gasteiger partial charge is 0.129 e. The van der Waals surface area contributed by atoms with Gasteiger partial charge in [0.25, 0.3) is 0 Å². The predicted octanol–water partition coefficient (Wildman–Crippen LogP) is 4.17. The molecular formula is C13H11Cl2N. The van der Waals surface area contributed by atoms with Crippen LogP contribution in [-0.4, -0.2) is 4.98 Å². The van der Waals surface area contributed by atoms with Crippen molar-refractivity contribution in [3.63, 3.8) is 0 Å². The van der Waals surface area contributed by atoms with E-state index in [0.717, 1.165) is 17.9 Å². The van der Waals surface area contributed by atoms with Gasteiger partial charge in [0.05, 0.1) is 0 Å². The van der Waals surface area contributed by atoms with E-state index in [1.165, 1.54) is 11.1 Å². The first kappa shape index (κ1) is 11.4. The maximum absolute atomic E-state index is 5.82.